The molecule has 32 heavy (non-hydrogen) atoms. The van der Waals surface area contributed by atoms with E-state index in [0.29, 0.717) is 12.0 Å². The fourth-order valence-corrected chi connectivity index (χ4v) is 9.16. The molecule has 3 atom stereocenters. The van der Waals surface area contributed by atoms with E-state index in [1.165, 1.54) is 44.2 Å². The van der Waals surface area contributed by atoms with Gasteiger partial charge in [0.2, 0.25) is 0 Å². The molecule has 0 radical (unpaired) electrons. The summed E-state index contributed by atoms with van der Waals surface area (Å²) >= 11 is 0. The lowest BCUT2D eigenvalue weighted by Crippen LogP contribution is -2.28. The highest BCUT2D eigenvalue weighted by Crippen LogP contribution is 2.44. The largest absolute Gasteiger partial charge is 0.313 e. The molecule has 1 N–H and O–H groups in total. The van der Waals surface area contributed by atoms with Crippen LogP contribution in [0.1, 0.15) is 17.9 Å². The Morgan fingerprint density at radius 1 is 0.719 bits per heavy atom. The summed E-state index contributed by atoms with van der Waals surface area (Å²) in [4.78, 5) is 0. The minimum Gasteiger partial charge on any atom is -0.313 e. The van der Waals surface area contributed by atoms with Gasteiger partial charge in [0.05, 0.1) is 0 Å². The highest BCUT2D eigenvalue weighted by atomic mass is 31.1. The van der Waals surface area contributed by atoms with E-state index in [4.69, 9.17) is 0 Å². The Morgan fingerprint density at radius 2 is 1.38 bits per heavy atom. The predicted molar refractivity (Wildman–Crippen MR) is 144 cm³/mol. The Balaban J connectivity index is 1.30. The van der Waals surface area contributed by atoms with Gasteiger partial charge in [-0.2, -0.15) is 0 Å². The molecule has 1 aliphatic heterocycles. The van der Waals surface area contributed by atoms with Gasteiger partial charge >= 0.3 is 0 Å². The average Bonchev–Trinajstić information content (AvgIpc) is 3.48. The lowest BCUT2D eigenvalue weighted by atomic mass is 9.92. The van der Waals surface area contributed by atoms with Crippen LogP contribution in [0.25, 0.3) is 21.0 Å². The van der Waals surface area contributed by atoms with Crippen LogP contribution in [0.15, 0.2) is 103 Å². The van der Waals surface area contributed by atoms with E-state index in [2.05, 4.69) is 108 Å². The summed E-state index contributed by atoms with van der Waals surface area (Å²) in [6, 6.07) is 38.8. The third-order valence-corrected chi connectivity index (χ3v) is 10.8. The zero-order valence-electron chi connectivity index (χ0n) is 18.0. The molecule has 0 bridgehead atoms. The number of nitrogens with one attached hydrogen (secondary N) is 1. The van der Waals surface area contributed by atoms with E-state index in [9.17, 15) is 0 Å². The van der Waals surface area contributed by atoms with Crippen LogP contribution in [0.3, 0.4) is 0 Å². The topological polar surface area (TPSA) is 12.0 Å². The van der Waals surface area contributed by atoms with Crippen molar-refractivity contribution < 1.29 is 0 Å². The summed E-state index contributed by atoms with van der Waals surface area (Å²) in [5.74, 6) is 0.592. The maximum absolute atomic E-state index is 3.91. The molecule has 0 aliphatic carbocycles. The average molecular weight is 451 g/mol. The fourth-order valence-electron chi connectivity index (χ4n) is 5.26. The first-order valence-electron chi connectivity index (χ1n) is 11.5. The van der Waals surface area contributed by atoms with Gasteiger partial charge < -0.3 is 5.32 Å². The molecule has 1 aliphatic rings. The fraction of sp³-hybridized carbons (Fsp3) is 0.172. The minimum atomic E-state index is -0.358. The van der Waals surface area contributed by atoms with Gasteiger partial charge in [-0.3, -0.25) is 0 Å². The van der Waals surface area contributed by atoms with Crippen LogP contribution in [-0.4, -0.2) is 18.7 Å². The molecule has 1 aromatic heterocycles. The highest BCUT2D eigenvalue weighted by Gasteiger charge is 2.29. The van der Waals surface area contributed by atoms with Crippen LogP contribution in [0.5, 0.6) is 0 Å². The molecule has 2 heterocycles. The lowest BCUT2D eigenvalue weighted by molar-refractivity contribution is 0.666. The van der Waals surface area contributed by atoms with Crippen molar-refractivity contribution in [3.05, 3.63) is 109 Å². The summed E-state index contributed by atoms with van der Waals surface area (Å²) < 4.78 is 0. The number of rotatable bonds is 5. The number of benzene rings is 4. The first-order chi connectivity index (χ1) is 15.9. The maximum atomic E-state index is 3.91. The van der Waals surface area contributed by atoms with Crippen molar-refractivity contribution in [1.82, 2.24) is 5.32 Å². The van der Waals surface area contributed by atoms with Gasteiger partial charge in [-0.25, -0.2) is 0 Å². The summed E-state index contributed by atoms with van der Waals surface area (Å²) in [6.07, 6.45) is 2.42. The van der Waals surface area contributed by atoms with E-state index in [1.54, 1.807) is 5.56 Å². The summed E-state index contributed by atoms with van der Waals surface area (Å²) in [5.41, 5.74) is 1.55. The summed E-state index contributed by atoms with van der Waals surface area (Å²) in [7, 11) is 0.440. The highest BCUT2D eigenvalue weighted by molar-refractivity contribution is 7.73. The second-order valence-electron chi connectivity index (χ2n) is 8.76. The third-order valence-electron chi connectivity index (χ3n) is 6.76. The second kappa shape index (κ2) is 8.84. The first-order valence-corrected chi connectivity index (χ1v) is 14.0. The monoisotopic (exact) mass is 451 g/mol. The Kier molecular flexibility index (Phi) is 5.58. The third kappa shape index (κ3) is 3.80. The van der Waals surface area contributed by atoms with E-state index in [0.717, 1.165) is 14.7 Å². The SMILES string of the molecule is c1ccc(P(CC2CC(c3cccc4[pH]c5ccccc5c34)CN2)c2ccccc2)cc1. The molecule has 1 nitrogen and oxygen atoms in total. The van der Waals surface area contributed by atoms with Crippen molar-refractivity contribution in [1.29, 1.82) is 0 Å². The molecule has 1 saturated heterocycles. The second-order valence-corrected chi connectivity index (χ2v) is 12.3. The van der Waals surface area contributed by atoms with Crippen LogP contribution >= 0.6 is 16.1 Å². The van der Waals surface area contributed by atoms with Crippen LogP contribution < -0.4 is 15.9 Å². The predicted octanol–water partition coefficient (Wildman–Crippen LogP) is 6.60. The molecule has 5 aromatic rings. The van der Waals surface area contributed by atoms with E-state index >= 15 is 0 Å². The minimum absolute atomic E-state index is 0.358. The standard InChI is InChI=1S/C29H27NP2/c1-3-10-23(11-4-1)32(24-12-5-2-6-13-24)20-22-18-21(19-30-22)25-15-9-17-28-29(25)26-14-7-8-16-27(26)31-28/h1-17,21-22,30-31H,18-20H2. The van der Waals surface area contributed by atoms with Crippen molar-refractivity contribution in [3.63, 3.8) is 0 Å². The molecule has 0 saturated carbocycles. The molecule has 6 rings (SSSR count). The van der Waals surface area contributed by atoms with Crippen LogP contribution in [0.4, 0.5) is 0 Å². The van der Waals surface area contributed by atoms with Crippen molar-refractivity contribution >= 4 is 47.7 Å². The molecule has 0 amide bonds. The van der Waals surface area contributed by atoms with E-state index in [1.807, 2.05) is 0 Å². The van der Waals surface area contributed by atoms with Crippen molar-refractivity contribution in [2.45, 2.75) is 18.4 Å². The molecule has 1 fully saturated rings. The van der Waals surface area contributed by atoms with Crippen molar-refractivity contribution in [2.75, 3.05) is 12.7 Å². The molecule has 3 unspecified atom stereocenters. The van der Waals surface area contributed by atoms with Crippen LogP contribution in [0.2, 0.25) is 0 Å². The van der Waals surface area contributed by atoms with E-state index in [-0.39, 0.29) is 7.92 Å². The Bertz CT molecular complexity index is 1300. The Hall–Kier alpha value is -2.43. The zero-order valence-corrected chi connectivity index (χ0v) is 19.9. The summed E-state index contributed by atoms with van der Waals surface area (Å²) in [6.45, 7) is 1.08. The van der Waals surface area contributed by atoms with Gasteiger partial charge in [-0.1, -0.05) is 103 Å². The van der Waals surface area contributed by atoms with Gasteiger partial charge in [0.1, 0.15) is 0 Å². The molecular weight excluding hydrogens is 424 g/mol. The van der Waals surface area contributed by atoms with Gasteiger partial charge in [0, 0.05) is 12.6 Å². The van der Waals surface area contributed by atoms with Crippen molar-refractivity contribution in [2.24, 2.45) is 0 Å². The van der Waals surface area contributed by atoms with E-state index < -0.39 is 0 Å². The lowest BCUT2D eigenvalue weighted by Gasteiger charge is -2.22. The Labute approximate surface area is 192 Å². The van der Waals surface area contributed by atoms with Crippen LogP contribution in [-0.2, 0) is 0 Å². The summed E-state index contributed by atoms with van der Waals surface area (Å²) in [5, 5.41) is 12.9. The van der Waals surface area contributed by atoms with Crippen molar-refractivity contribution in [3.8, 4) is 0 Å². The molecule has 4 aromatic carbocycles. The number of fused-ring (bicyclic) bond motifs is 3. The quantitative estimate of drug-likeness (QED) is 0.297. The maximum Gasteiger partial charge on any atom is 0.0119 e. The zero-order chi connectivity index (χ0) is 21.3. The first kappa shape index (κ1) is 20.2. The number of hydrogen-bond acceptors (Lipinski definition) is 1. The molecule has 3 heteroatoms. The molecule has 158 valence electrons. The normalized spacial score (nSPS) is 18.9. The number of hydrogen-bond donors (Lipinski definition) is 1. The Morgan fingerprint density at radius 3 is 2.12 bits per heavy atom. The molecular formula is C29H27NP2. The van der Waals surface area contributed by atoms with Crippen LogP contribution in [0, 0.1) is 0 Å². The van der Waals surface area contributed by atoms with Gasteiger partial charge in [-0.15, -0.1) is 8.19 Å². The van der Waals surface area contributed by atoms with Gasteiger partial charge in [0.15, 0.2) is 0 Å². The van der Waals surface area contributed by atoms with Gasteiger partial charge in [-0.05, 0) is 63.6 Å². The van der Waals surface area contributed by atoms with Gasteiger partial charge in [0.25, 0.3) is 0 Å². The molecule has 0 spiro atoms. The smallest absolute Gasteiger partial charge is 0.0119 e.